The average Bonchev–Trinajstić information content (AvgIpc) is 2.66. The Bertz CT molecular complexity index is 622. The van der Waals surface area contributed by atoms with E-state index in [1.807, 2.05) is 25.2 Å². The van der Waals surface area contributed by atoms with Gasteiger partial charge in [-0.1, -0.05) is 29.8 Å². The van der Waals surface area contributed by atoms with Gasteiger partial charge in [0, 0.05) is 23.3 Å². The van der Waals surface area contributed by atoms with Crippen molar-refractivity contribution < 1.29 is 4.74 Å². The molecule has 0 aliphatic carbocycles. The second kappa shape index (κ2) is 5.75. The summed E-state index contributed by atoms with van der Waals surface area (Å²) in [5.74, 6) is 1.84. The fourth-order valence-corrected chi connectivity index (χ4v) is 2.50. The average molecular weight is 339 g/mol. The molecule has 0 aliphatic rings. The maximum absolute atomic E-state index is 6.17. The Labute approximate surface area is 127 Å². The Morgan fingerprint density at radius 1 is 1.35 bits per heavy atom. The zero-order valence-electron chi connectivity index (χ0n) is 12.1. The molecule has 108 valence electrons. The molecule has 0 saturated carbocycles. The molecule has 1 aromatic carbocycles. The summed E-state index contributed by atoms with van der Waals surface area (Å²) in [5, 5.41) is 7.75. The van der Waals surface area contributed by atoms with Crippen molar-refractivity contribution in [2.45, 2.75) is 19.8 Å². The fourth-order valence-electron chi connectivity index (χ4n) is 2.03. The summed E-state index contributed by atoms with van der Waals surface area (Å²) in [7, 11) is 3.51. The Balaban J connectivity index is 2.37. The molecule has 0 bridgehead atoms. The smallest absolute Gasteiger partial charge is 0.152 e. The van der Waals surface area contributed by atoms with Gasteiger partial charge in [0.25, 0.3) is 0 Å². The molecular weight excluding hydrogens is 320 g/mol. The second-order valence-corrected chi connectivity index (χ2v) is 5.85. The molecule has 0 fully saturated rings. The zero-order valence-corrected chi connectivity index (χ0v) is 13.7. The third kappa shape index (κ3) is 2.90. The highest BCUT2D eigenvalue weighted by Crippen LogP contribution is 2.32. The van der Waals surface area contributed by atoms with Gasteiger partial charge in [-0.3, -0.25) is 4.68 Å². The monoisotopic (exact) mass is 338 g/mol. The quantitative estimate of drug-likeness (QED) is 0.893. The highest BCUT2D eigenvalue weighted by molar-refractivity contribution is 9.10. The van der Waals surface area contributed by atoms with Crippen molar-refractivity contribution in [3.05, 3.63) is 28.4 Å². The van der Waals surface area contributed by atoms with Gasteiger partial charge in [0.1, 0.15) is 5.75 Å². The predicted molar refractivity (Wildman–Crippen MR) is 85.7 cm³/mol. The van der Waals surface area contributed by atoms with E-state index in [1.165, 1.54) is 0 Å². The highest BCUT2D eigenvalue weighted by Gasteiger charge is 2.16. The van der Waals surface area contributed by atoms with Crippen LogP contribution in [0.25, 0.3) is 0 Å². The Hall–Kier alpha value is -1.69. The van der Waals surface area contributed by atoms with E-state index in [0.717, 1.165) is 27.4 Å². The van der Waals surface area contributed by atoms with E-state index < -0.39 is 0 Å². The summed E-state index contributed by atoms with van der Waals surface area (Å²) in [6.07, 6.45) is 0. The van der Waals surface area contributed by atoms with E-state index in [1.54, 1.807) is 11.8 Å². The molecule has 0 atom stereocenters. The van der Waals surface area contributed by atoms with Crippen molar-refractivity contribution in [2.24, 2.45) is 7.05 Å². The third-order valence-corrected chi connectivity index (χ3v) is 3.49. The lowest BCUT2D eigenvalue weighted by Gasteiger charge is -2.10. The number of hydrogen-bond donors (Lipinski definition) is 2. The van der Waals surface area contributed by atoms with Crippen molar-refractivity contribution in [1.82, 2.24) is 9.78 Å². The van der Waals surface area contributed by atoms with Crippen LogP contribution in [0.2, 0.25) is 0 Å². The lowest BCUT2D eigenvalue weighted by Crippen LogP contribution is -2.01. The summed E-state index contributed by atoms with van der Waals surface area (Å²) >= 11 is 3.46. The Morgan fingerprint density at radius 2 is 2.05 bits per heavy atom. The number of halogens is 1. The summed E-state index contributed by atoms with van der Waals surface area (Å²) in [4.78, 5) is 0. The molecule has 20 heavy (non-hydrogen) atoms. The number of nitrogen functional groups attached to an aromatic ring is 1. The standard InChI is InChI=1S/C14H19BrN4O/c1-8(2)13-12(16)14(19(3)18-13)17-10-5-9(15)6-11(7-10)20-4/h5-8,17H,16H2,1-4H3. The van der Waals surface area contributed by atoms with Gasteiger partial charge in [0.2, 0.25) is 0 Å². The van der Waals surface area contributed by atoms with Gasteiger partial charge in [-0.25, -0.2) is 0 Å². The molecule has 2 aromatic rings. The first kappa shape index (κ1) is 14.7. The first-order valence-corrected chi connectivity index (χ1v) is 7.15. The number of ether oxygens (including phenoxy) is 1. The fraction of sp³-hybridized carbons (Fsp3) is 0.357. The van der Waals surface area contributed by atoms with Gasteiger partial charge in [-0.15, -0.1) is 0 Å². The van der Waals surface area contributed by atoms with E-state index in [-0.39, 0.29) is 5.92 Å². The van der Waals surface area contributed by atoms with Crippen LogP contribution >= 0.6 is 15.9 Å². The molecule has 0 amide bonds. The summed E-state index contributed by atoms with van der Waals surface area (Å²) in [6, 6.07) is 5.77. The van der Waals surface area contributed by atoms with E-state index >= 15 is 0 Å². The van der Waals surface area contributed by atoms with Gasteiger partial charge < -0.3 is 15.8 Å². The van der Waals surface area contributed by atoms with Crippen LogP contribution in [0.4, 0.5) is 17.2 Å². The van der Waals surface area contributed by atoms with E-state index in [0.29, 0.717) is 5.69 Å². The number of rotatable bonds is 4. The molecule has 1 heterocycles. The Morgan fingerprint density at radius 3 is 2.60 bits per heavy atom. The number of aromatic nitrogens is 2. The SMILES string of the molecule is COc1cc(Br)cc(Nc2c(N)c(C(C)C)nn2C)c1. The minimum absolute atomic E-state index is 0.286. The van der Waals surface area contributed by atoms with Crippen molar-refractivity contribution in [3.8, 4) is 5.75 Å². The summed E-state index contributed by atoms with van der Waals surface area (Å²) in [6.45, 7) is 4.15. The molecule has 5 nitrogen and oxygen atoms in total. The van der Waals surface area contributed by atoms with Crippen molar-refractivity contribution in [1.29, 1.82) is 0 Å². The number of hydrogen-bond acceptors (Lipinski definition) is 4. The largest absolute Gasteiger partial charge is 0.497 e. The summed E-state index contributed by atoms with van der Waals surface area (Å²) in [5.41, 5.74) is 8.64. The maximum Gasteiger partial charge on any atom is 0.152 e. The molecule has 3 N–H and O–H groups in total. The van der Waals surface area contributed by atoms with Crippen molar-refractivity contribution >= 4 is 33.1 Å². The first-order valence-electron chi connectivity index (χ1n) is 6.36. The van der Waals surface area contributed by atoms with Crippen LogP contribution in [-0.4, -0.2) is 16.9 Å². The van der Waals surface area contributed by atoms with Crippen LogP contribution in [0, 0.1) is 0 Å². The highest BCUT2D eigenvalue weighted by atomic mass is 79.9. The molecule has 0 unspecified atom stereocenters. The first-order chi connectivity index (χ1) is 9.42. The number of methoxy groups -OCH3 is 1. The zero-order chi connectivity index (χ0) is 14.9. The topological polar surface area (TPSA) is 65.1 Å². The van der Waals surface area contributed by atoms with Crippen LogP contribution < -0.4 is 15.8 Å². The lowest BCUT2D eigenvalue weighted by molar-refractivity contribution is 0.415. The van der Waals surface area contributed by atoms with E-state index in [9.17, 15) is 0 Å². The van der Waals surface area contributed by atoms with Crippen LogP contribution in [0.5, 0.6) is 5.75 Å². The number of nitrogens with zero attached hydrogens (tertiary/aromatic N) is 2. The predicted octanol–water partition coefficient (Wildman–Crippen LogP) is 3.64. The number of anilines is 3. The molecule has 1 aromatic heterocycles. The minimum Gasteiger partial charge on any atom is -0.497 e. The van der Waals surface area contributed by atoms with Crippen molar-refractivity contribution in [3.63, 3.8) is 0 Å². The minimum atomic E-state index is 0.286. The third-order valence-electron chi connectivity index (χ3n) is 3.03. The number of aryl methyl sites for hydroxylation is 1. The number of benzene rings is 1. The number of nitrogens with two attached hydrogens (primary N) is 1. The van der Waals surface area contributed by atoms with Crippen LogP contribution in [0.3, 0.4) is 0 Å². The van der Waals surface area contributed by atoms with Gasteiger partial charge >= 0.3 is 0 Å². The van der Waals surface area contributed by atoms with Gasteiger partial charge in [-0.05, 0) is 18.1 Å². The van der Waals surface area contributed by atoms with Gasteiger partial charge in [0.05, 0.1) is 18.5 Å². The lowest BCUT2D eigenvalue weighted by atomic mass is 10.1. The summed E-state index contributed by atoms with van der Waals surface area (Å²) < 4.78 is 7.95. The molecule has 2 rings (SSSR count). The van der Waals surface area contributed by atoms with Crippen molar-refractivity contribution in [2.75, 3.05) is 18.2 Å². The molecule has 0 radical (unpaired) electrons. The van der Waals surface area contributed by atoms with Crippen LogP contribution in [-0.2, 0) is 7.05 Å². The molecule has 0 spiro atoms. The normalized spacial score (nSPS) is 10.9. The van der Waals surface area contributed by atoms with Gasteiger partial charge in [0.15, 0.2) is 5.82 Å². The van der Waals surface area contributed by atoms with Gasteiger partial charge in [-0.2, -0.15) is 5.10 Å². The van der Waals surface area contributed by atoms with E-state index in [2.05, 4.69) is 40.2 Å². The van der Waals surface area contributed by atoms with Crippen LogP contribution in [0.15, 0.2) is 22.7 Å². The van der Waals surface area contributed by atoms with Crippen LogP contribution in [0.1, 0.15) is 25.5 Å². The Kier molecular flexibility index (Phi) is 4.23. The number of nitrogens with one attached hydrogen (secondary N) is 1. The van der Waals surface area contributed by atoms with E-state index in [4.69, 9.17) is 10.5 Å². The molecule has 6 heteroatoms. The second-order valence-electron chi connectivity index (χ2n) is 4.93. The molecule has 0 aliphatic heterocycles. The molecule has 0 saturated heterocycles. The molecular formula is C14H19BrN4O. The maximum atomic E-state index is 6.17.